The van der Waals surface area contributed by atoms with Crippen molar-refractivity contribution in [2.45, 2.75) is 32.9 Å². The van der Waals surface area contributed by atoms with Crippen LogP contribution < -0.4 is 9.64 Å². The Hall–Kier alpha value is -2.93. The predicted octanol–water partition coefficient (Wildman–Crippen LogP) is 3.64. The summed E-state index contributed by atoms with van der Waals surface area (Å²) >= 11 is 0. The van der Waals surface area contributed by atoms with Crippen LogP contribution in [-0.4, -0.2) is 58.4 Å². The number of hydrogen-bond acceptors (Lipinski definition) is 6. The molecule has 2 aromatic carbocycles. The number of methoxy groups -OCH3 is 1. The van der Waals surface area contributed by atoms with E-state index in [4.69, 9.17) is 4.74 Å². The number of benzene rings is 2. The van der Waals surface area contributed by atoms with Crippen molar-refractivity contribution in [1.29, 1.82) is 0 Å². The third kappa shape index (κ3) is 5.22. The minimum atomic E-state index is 0.214. The zero-order valence-corrected chi connectivity index (χ0v) is 18.7. The number of tetrazole rings is 1. The molecule has 0 unspecified atom stereocenters. The molecule has 0 bridgehead atoms. The summed E-state index contributed by atoms with van der Waals surface area (Å²) in [7, 11) is 1.68. The quantitative estimate of drug-likeness (QED) is 0.555. The molecule has 2 heterocycles. The zero-order valence-electron chi connectivity index (χ0n) is 18.7. The molecule has 31 heavy (non-hydrogen) atoms. The van der Waals surface area contributed by atoms with Gasteiger partial charge in [0.15, 0.2) is 5.82 Å². The van der Waals surface area contributed by atoms with Crippen LogP contribution in [0.25, 0.3) is 0 Å². The van der Waals surface area contributed by atoms with Gasteiger partial charge in [0.1, 0.15) is 5.75 Å². The second-order valence-corrected chi connectivity index (χ2v) is 8.55. The average Bonchev–Trinajstić information content (AvgIpc) is 3.26. The van der Waals surface area contributed by atoms with E-state index in [0.29, 0.717) is 12.5 Å². The van der Waals surface area contributed by atoms with Crippen molar-refractivity contribution >= 4 is 5.69 Å². The van der Waals surface area contributed by atoms with Gasteiger partial charge in [-0.3, -0.25) is 4.90 Å². The Bertz CT molecular complexity index is 932. The second kappa shape index (κ2) is 9.92. The number of rotatable bonds is 8. The lowest BCUT2D eigenvalue weighted by molar-refractivity contribution is 0.153. The first-order chi connectivity index (χ1) is 15.1. The van der Waals surface area contributed by atoms with Crippen molar-refractivity contribution in [2.75, 3.05) is 38.2 Å². The molecule has 4 rings (SSSR count). The van der Waals surface area contributed by atoms with E-state index in [0.717, 1.165) is 49.7 Å². The van der Waals surface area contributed by atoms with Crippen LogP contribution in [-0.2, 0) is 6.54 Å². The molecule has 1 saturated heterocycles. The van der Waals surface area contributed by atoms with Crippen LogP contribution in [0.4, 0.5) is 5.69 Å². The molecular formula is C24H32N6O. The summed E-state index contributed by atoms with van der Waals surface area (Å²) in [6.45, 7) is 9.22. The number of hydrogen-bond donors (Lipinski definition) is 0. The Labute approximate surface area is 184 Å². The van der Waals surface area contributed by atoms with Gasteiger partial charge in [-0.15, -0.1) is 5.10 Å². The van der Waals surface area contributed by atoms with Gasteiger partial charge in [-0.2, -0.15) is 0 Å². The standard InChI is InChI=1S/C24H32N6O/c1-19(2)17-23(29-15-13-28(14-16-29)21-7-5-4-6-8-21)24-25-26-27-30(24)18-20-9-11-22(31-3)12-10-20/h4-12,19,23H,13-18H2,1-3H3/t23-/m0/s1. The van der Waals surface area contributed by atoms with Gasteiger partial charge < -0.3 is 9.64 Å². The number of piperazine rings is 1. The number of anilines is 1. The first kappa shape index (κ1) is 21.3. The maximum absolute atomic E-state index is 5.27. The van der Waals surface area contributed by atoms with E-state index in [2.05, 4.69) is 81.6 Å². The van der Waals surface area contributed by atoms with Crippen molar-refractivity contribution in [3.63, 3.8) is 0 Å². The number of aromatic nitrogens is 4. The van der Waals surface area contributed by atoms with E-state index >= 15 is 0 Å². The van der Waals surface area contributed by atoms with Gasteiger partial charge in [0.05, 0.1) is 19.7 Å². The fourth-order valence-electron chi connectivity index (χ4n) is 4.26. The Balaban J connectivity index is 1.49. The van der Waals surface area contributed by atoms with E-state index in [1.807, 2.05) is 16.8 Å². The highest BCUT2D eigenvalue weighted by molar-refractivity contribution is 5.46. The molecule has 1 aliphatic heterocycles. The molecule has 164 valence electrons. The summed E-state index contributed by atoms with van der Waals surface area (Å²) in [5.74, 6) is 2.37. The SMILES string of the molecule is COc1ccc(Cn2nnnc2[C@H](CC(C)C)N2CCN(c3ccccc3)CC2)cc1. The van der Waals surface area contributed by atoms with Gasteiger partial charge in [0.25, 0.3) is 0 Å². The maximum atomic E-state index is 5.27. The number of nitrogens with zero attached hydrogens (tertiary/aromatic N) is 6. The van der Waals surface area contributed by atoms with Crippen molar-refractivity contribution in [1.82, 2.24) is 25.1 Å². The van der Waals surface area contributed by atoms with Crippen molar-refractivity contribution in [2.24, 2.45) is 5.92 Å². The molecule has 0 radical (unpaired) electrons. The fourth-order valence-corrected chi connectivity index (χ4v) is 4.26. The van der Waals surface area contributed by atoms with Crippen LogP contribution in [0.3, 0.4) is 0 Å². The van der Waals surface area contributed by atoms with Crippen molar-refractivity contribution in [3.8, 4) is 5.75 Å². The van der Waals surface area contributed by atoms with E-state index in [1.54, 1.807) is 7.11 Å². The third-order valence-electron chi connectivity index (χ3n) is 5.92. The van der Waals surface area contributed by atoms with Gasteiger partial charge in [0, 0.05) is 31.9 Å². The van der Waals surface area contributed by atoms with Crippen LogP contribution in [0.1, 0.15) is 37.7 Å². The molecule has 0 saturated carbocycles. The van der Waals surface area contributed by atoms with Gasteiger partial charge >= 0.3 is 0 Å². The van der Waals surface area contributed by atoms with E-state index in [-0.39, 0.29) is 6.04 Å². The Morgan fingerprint density at radius 1 is 0.935 bits per heavy atom. The molecule has 0 amide bonds. The molecule has 1 atom stereocenters. The molecule has 0 N–H and O–H groups in total. The molecular weight excluding hydrogens is 388 g/mol. The number of para-hydroxylation sites is 1. The smallest absolute Gasteiger partial charge is 0.168 e. The first-order valence-electron chi connectivity index (χ1n) is 11.1. The zero-order chi connectivity index (χ0) is 21.6. The lowest BCUT2D eigenvalue weighted by atomic mass is 10.0. The monoisotopic (exact) mass is 420 g/mol. The summed E-state index contributed by atoms with van der Waals surface area (Å²) in [5, 5.41) is 12.8. The predicted molar refractivity (Wildman–Crippen MR) is 122 cm³/mol. The summed E-state index contributed by atoms with van der Waals surface area (Å²) in [5.41, 5.74) is 2.46. The molecule has 7 nitrogen and oxygen atoms in total. The number of ether oxygens (including phenoxy) is 1. The molecule has 1 fully saturated rings. The largest absolute Gasteiger partial charge is 0.497 e. The summed E-state index contributed by atoms with van der Waals surface area (Å²) < 4.78 is 7.23. The second-order valence-electron chi connectivity index (χ2n) is 8.55. The van der Waals surface area contributed by atoms with E-state index in [1.165, 1.54) is 5.69 Å². The summed E-state index contributed by atoms with van der Waals surface area (Å²) in [6.07, 6.45) is 1.04. The van der Waals surface area contributed by atoms with Crippen LogP contribution >= 0.6 is 0 Å². The van der Waals surface area contributed by atoms with Crippen molar-refractivity contribution in [3.05, 3.63) is 66.0 Å². The highest BCUT2D eigenvalue weighted by atomic mass is 16.5. The molecule has 0 aliphatic carbocycles. The van der Waals surface area contributed by atoms with Crippen LogP contribution in [0, 0.1) is 5.92 Å². The lowest BCUT2D eigenvalue weighted by Gasteiger charge is -2.40. The Kier molecular flexibility index (Phi) is 6.82. The average molecular weight is 421 g/mol. The summed E-state index contributed by atoms with van der Waals surface area (Å²) in [4.78, 5) is 5.01. The molecule has 3 aromatic rings. The normalized spacial score (nSPS) is 15.9. The van der Waals surface area contributed by atoms with Gasteiger partial charge in [-0.25, -0.2) is 4.68 Å². The highest BCUT2D eigenvalue weighted by Gasteiger charge is 2.29. The third-order valence-corrected chi connectivity index (χ3v) is 5.92. The Morgan fingerprint density at radius 2 is 1.65 bits per heavy atom. The van der Waals surface area contributed by atoms with Crippen LogP contribution in [0.2, 0.25) is 0 Å². The van der Waals surface area contributed by atoms with E-state index < -0.39 is 0 Å². The van der Waals surface area contributed by atoms with Crippen LogP contribution in [0.15, 0.2) is 54.6 Å². The van der Waals surface area contributed by atoms with Gasteiger partial charge in [-0.1, -0.05) is 44.2 Å². The molecule has 1 aliphatic rings. The van der Waals surface area contributed by atoms with Crippen molar-refractivity contribution < 1.29 is 4.74 Å². The molecule has 0 spiro atoms. The van der Waals surface area contributed by atoms with Gasteiger partial charge in [0.2, 0.25) is 0 Å². The Morgan fingerprint density at radius 3 is 2.29 bits per heavy atom. The minimum absolute atomic E-state index is 0.214. The maximum Gasteiger partial charge on any atom is 0.168 e. The topological polar surface area (TPSA) is 59.3 Å². The molecule has 7 heteroatoms. The fraction of sp³-hybridized carbons (Fsp3) is 0.458. The highest BCUT2D eigenvalue weighted by Crippen LogP contribution is 2.28. The molecule has 1 aromatic heterocycles. The van der Waals surface area contributed by atoms with Crippen LogP contribution in [0.5, 0.6) is 5.75 Å². The minimum Gasteiger partial charge on any atom is -0.497 e. The van der Waals surface area contributed by atoms with E-state index in [9.17, 15) is 0 Å². The lowest BCUT2D eigenvalue weighted by Crippen LogP contribution is -2.48. The van der Waals surface area contributed by atoms with Gasteiger partial charge in [-0.05, 0) is 52.6 Å². The first-order valence-corrected chi connectivity index (χ1v) is 11.1. The summed E-state index contributed by atoms with van der Waals surface area (Å²) in [6, 6.07) is 19.0.